The fourth-order valence-electron chi connectivity index (χ4n) is 4.37. The molecule has 0 aliphatic carbocycles. The van der Waals surface area contributed by atoms with Crippen LogP contribution in [-0.4, -0.2) is 58.9 Å². The number of anilines is 1. The third-order valence-electron chi connectivity index (χ3n) is 6.11. The van der Waals surface area contributed by atoms with Crippen LogP contribution in [0.1, 0.15) is 5.56 Å². The maximum Gasteiger partial charge on any atom is 0.291 e. The van der Waals surface area contributed by atoms with Crippen molar-refractivity contribution in [2.75, 3.05) is 38.2 Å². The van der Waals surface area contributed by atoms with Crippen LogP contribution in [0.3, 0.4) is 0 Å². The Hall–Kier alpha value is -3.81. The van der Waals surface area contributed by atoms with Crippen molar-refractivity contribution >= 4 is 33.4 Å². The zero-order valence-electron chi connectivity index (χ0n) is 18.2. The summed E-state index contributed by atoms with van der Waals surface area (Å²) in [6.45, 7) is 4.51. The van der Waals surface area contributed by atoms with E-state index >= 15 is 0 Å². The number of piperazine rings is 1. The number of aryl methyl sites for hydroxylation is 1. The van der Waals surface area contributed by atoms with E-state index in [9.17, 15) is 9.59 Å². The topological polar surface area (TPSA) is 83.5 Å². The van der Waals surface area contributed by atoms with Crippen molar-refractivity contribution in [2.24, 2.45) is 0 Å². The number of H-pyrrole nitrogens is 1. The van der Waals surface area contributed by atoms with Crippen LogP contribution in [0.2, 0.25) is 0 Å². The molecule has 164 valence electrons. The summed E-state index contributed by atoms with van der Waals surface area (Å²) in [7, 11) is 1.66. The molecule has 0 unspecified atom stereocenters. The minimum absolute atomic E-state index is 0.0716. The minimum atomic E-state index is -0.280. The number of carbonyl (C=O) groups is 1. The Kier molecular flexibility index (Phi) is 5.05. The van der Waals surface area contributed by atoms with Gasteiger partial charge in [0.2, 0.25) is 5.91 Å². The van der Waals surface area contributed by atoms with Crippen molar-refractivity contribution in [3.8, 4) is 5.75 Å². The monoisotopic (exact) mass is 431 g/mol. The Morgan fingerprint density at radius 2 is 1.88 bits per heavy atom. The van der Waals surface area contributed by atoms with E-state index < -0.39 is 0 Å². The van der Waals surface area contributed by atoms with Crippen LogP contribution in [0.15, 0.2) is 53.5 Å². The number of fused-ring (bicyclic) bond motifs is 3. The molecule has 0 saturated carbocycles. The molecule has 0 bridgehead atoms. The molecule has 4 aromatic rings. The number of hydrogen-bond acceptors (Lipinski definition) is 5. The van der Waals surface area contributed by atoms with Gasteiger partial charge in [-0.15, -0.1) is 0 Å². The fraction of sp³-hybridized carbons (Fsp3) is 0.292. The first-order valence-electron chi connectivity index (χ1n) is 10.7. The quantitative estimate of drug-likeness (QED) is 0.537. The Balaban J connectivity index is 1.32. The summed E-state index contributed by atoms with van der Waals surface area (Å²) in [5, 5.41) is 6.04. The molecule has 1 saturated heterocycles. The van der Waals surface area contributed by atoms with Gasteiger partial charge in [-0.1, -0.05) is 23.8 Å². The van der Waals surface area contributed by atoms with Gasteiger partial charge in [0.15, 0.2) is 0 Å². The van der Waals surface area contributed by atoms with E-state index in [0.717, 1.165) is 33.3 Å². The van der Waals surface area contributed by atoms with Gasteiger partial charge in [0.1, 0.15) is 17.8 Å². The van der Waals surface area contributed by atoms with Gasteiger partial charge in [-0.05, 0) is 31.2 Å². The van der Waals surface area contributed by atoms with Crippen molar-refractivity contribution < 1.29 is 9.53 Å². The number of carbonyl (C=O) groups excluding carboxylic acids is 1. The number of benzene rings is 2. The molecule has 1 aliphatic rings. The second kappa shape index (κ2) is 8.03. The Morgan fingerprint density at radius 1 is 1.09 bits per heavy atom. The van der Waals surface area contributed by atoms with E-state index in [-0.39, 0.29) is 18.0 Å². The van der Waals surface area contributed by atoms with E-state index in [2.05, 4.69) is 15.0 Å². The molecule has 5 rings (SSSR count). The molecular formula is C24H25N5O3. The van der Waals surface area contributed by atoms with Gasteiger partial charge in [-0.25, -0.2) is 4.68 Å². The van der Waals surface area contributed by atoms with Gasteiger partial charge in [-0.2, -0.15) is 5.10 Å². The lowest BCUT2D eigenvalue weighted by atomic mass is 10.1. The zero-order chi connectivity index (χ0) is 22.2. The highest BCUT2D eigenvalue weighted by Crippen LogP contribution is 2.28. The summed E-state index contributed by atoms with van der Waals surface area (Å²) in [5.74, 6) is 0.718. The normalized spacial score (nSPS) is 14.3. The number of aromatic nitrogens is 3. The van der Waals surface area contributed by atoms with Crippen molar-refractivity contribution in [2.45, 2.75) is 13.5 Å². The molecule has 3 heterocycles. The van der Waals surface area contributed by atoms with Crippen LogP contribution in [0.25, 0.3) is 21.8 Å². The molecule has 1 N–H and O–H groups in total. The van der Waals surface area contributed by atoms with E-state index in [1.54, 1.807) is 18.2 Å². The second-order valence-corrected chi connectivity index (χ2v) is 8.11. The van der Waals surface area contributed by atoms with Crippen LogP contribution in [-0.2, 0) is 11.3 Å². The first kappa shape index (κ1) is 20.1. The lowest BCUT2D eigenvalue weighted by Crippen LogP contribution is -2.50. The van der Waals surface area contributed by atoms with Gasteiger partial charge < -0.3 is 19.5 Å². The molecule has 32 heavy (non-hydrogen) atoms. The Bertz CT molecular complexity index is 1370. The number of aromatic amines is 1. The molecule has 2 aromatic carbocycles. The predicted octanol–water partition coefficient (Wildman–Crippen LogP) is 2.54. The molecule has 0 spiro atoms. The average molecular weight is 431 g/mol. The number of rotatable bonds is 4. The summed E-state index contributed by atoms with van der Waals surface area (Å²) < 4.78 is 6.71. The number of nitrogens with one attached hydrogen (secondary N) is 1. The highest BCUT2D eigenvalue weighted by Gasteiger charge is 2.24. The molecule has 1 fully saturated rings. The minimum Gasteiger partial charge on any atom is -0.495 e. The van der Waals surface area contributed by atoms with E-state index in [0.29, 0.717) is 31.7 Å². The molecule has 8 heteroatoms. The SMILES string of the molecule is COc1ccccc1N1CCN(C(=O)Cn2ncc3c([nH]c4ccc(C)cc43)c2=O)CC1. The zero-order valence-corrected chi connectivity index (χ0v) is 18.2. The first-order valence-corrected chi connectivity index (χ1v) is 10.7. The summed E-state index contributed by atoms with van der Waals surface area (Å²) in [6.07, 6.45) is 1.67. The molecule has 0 radical (unpaired) electrons. The lowest BCUT2D eigenvalue weighted by Gasteiger charge is -2.36. The van der Waals surface area contributed by atoms with Crippen LogP contribution < -0.4 is 15.2 Å². The number of para-hydroxylation sites is 2. The fourth-order valence-corrected chi connectivity index (χ4v) is 4.37. The summed E-state index contributed by atoms with van der Waals surface area (Å²) in [6, 6.07) is 13.9. The standard InChI is InChI=1S/C24H25N5O3/c1-16-7-8-19-17(13-16)18-14-25-29(24(31)23(18)26-19)15-22(30)28-11-9-27(10-12-28)20-5-3-4-6-21(20)32-2/h3-8,13-14,26H,9-12,15H2,1-2H3. The number of methoxy groups -OCH3 is 1. The van der Waals surface area contributed by atoms with Crippen LogP contribution in [0.4, 0.5) is 5.69 Å². The summed E-state index contributed by atoms with van der Waals surface area (Å²) in [4.78, 5) is 33.1. The second-order valence-electron chi connectivity index (χ2n) is 8.11. The number of nitrogens with zero attached hydrogens (tertiary/aromatic N) is 4. The van der Waals surface area contributed by atoms with E-state index in [1.807, 2.05) is 49.4 Å². The van der Waals surface area contributed by atoms with Crippen LogP contribution in [0, 0.1) is 6.92 Å². The van der Waals surface area contributed by atoms with E-state index in [1.165, 1.54) is 4.68 Å². The van der Waals surface area contributed by atoms with Crippen molar-refractivity contribution in [1.82, 2.24) is 19.7 Å². The predicted molar refractivity (Wildman–Crippen MR) is 124 cm³/mol. The Labute approximate surface area is 185 Å². The molecule has 1 aliphatic heterocycles. The smallest absolute Gasteiger partial charge is 0.291 e. The lowest BCUT2D eigenvalue weighted by molar-refractivity contribution is -0.132. The number of ether oxygens (including phenoxy) is 1. The van der Waals surface area contributed by atoms with Crippen LogP contribution in [0.5, 0.6) is 5.75 Å². The van der Waals surface area contributed by atoms with Gasteiger partial charge in [0.25, 0.3) is 5.56 Å². The maximum atomic E-state index is 13.0. The molecule has 0 atom stereocenters. The summed E-state index contributed by atoms with van der Waals surface area (Å²) >= 11 is 0. The van der Waals surface area contributed by atoms with Gasteiger partial charge in [0.05, 0.1) is 19.0 Å². The van der Waals surface area contributed by atoms with Crippen molar-refractivity contribution in [3.63, 3.8) is 0 Å². The van der Waals surface area contributed by atoms with Gasteiger partial charge >= 0.3 is 0 Å². The number of amides is 1. The molecule has 8 nitrogen and oxygen atoms in total. The Morgan fingerprint density at radius 3 is 2.66 bits per heavy atom. The van der Waals surface area contributed by atoms with Crippen molar-refractivity contribution in [1.29, 1.82) is 0 Å². The maximum absolute atomic E-state index is 13.0. The van der Waals surface area contributed by atoms with E-state index in [4.69, 9.17) is 4.74 Å². The average Bonchev–Trinajstić information content (AvgIpc) is 3.19. The van der Waals surface area contributed by atoms with Crippen molar-refractivity contribution in [3.05, 3.63) is 64.6 Å². The third-order valence-corrected chi connectivity index (χ3v) is 6.11. The van der Waals surface area contributed by atoms with Gasteiger partial charge in [-0.3, -0.25) is 9.59 Å². The molecule has 1 amide bonds. The molecule has 2 aromatic heterocycles. The first-order chi connectivity index (χ1) is 15.5. The third kappa shape index (κ3) is 3.47. The number of hydrogen-bond donors (Lipinski definition) is 1. The summed E-state index contributed by atoms with van der Waals surface area (Å²) in [5.41, 5.74) is 3.23. The largest absolute Gasteiger partial charge is 0.495 e. The highest BCUT2D eigenvalue weighted by atomic mass is 16.5. The van der Waals surface area contributed by atoms with Crippen LogP contribution >= 0.6 is 0 Å². The highest BCUT2D eigenvalue weighted by molar-refractivity contribution is 6.06. The molecular weight excluding hydrogens is 406 g/mol. The van der Waals surface area contributed by atoms with Gasteiger partial charge in [0, 0.05) is 42.5 Å².